The second-order valence-corrected chi connectivity index (χ2v) is 6.38. The number of nitrogen functional groups attached to an aromatic ring is 1. The van der Waals surface area contributed by atoms with Crippen LogP contribution in [-0.2, 0) is 4.74 Å². The van der Waals surface area contributed by atoms with Gasteiger partial charge in [-0.05, 0) is 18.1 Å². The molecular formula is C22H25N5O2. The lowest BCUT2D eigenvalue weighted by atomic mass is 9.91. The standard InChI is InChI=1S/C22H25N5O2/c1-3-29-22(28)21-26-19(24-2)18(23)20(27-21)25-14-17(15-10-6-4-7-11-15)16-12-8-5-9-13-16/h4-13,17H,3,14,23H2,1-2H3,(H2,24,25,26,27). The second-order valence-electron chi connectivity index (χ2n) is 6.38. The molecule has 0 unspecified atom stereocenters. The number of nitrogens with zero attached hydrogens (tertiary/aromatic N) is 2. The lowest BCUT2D eigenvalue weighted by molar-refractivity contribution is 0.0512. The van der Waals surface area contributed by atoms with Gasteiger partial charge in [0.25, 0.3) is 0 Å². The van der Waals surface area contributed by atoms with Crippen LogP contribution in [0.5, 0.6) is 0 Å². The number of nitrogens with two attached hydrogens (primary N) is 1. The van der Waals surface area contributed by atoms with Gasteiger partial charge in [-0.3, -0.25) is 0 Å². The molecule has 0 atom stereocenters. The zero-order valence-electron chi connectivity index (χ0n) is 16.6. The molecular weight excluding hydrogens is 366 g/mol. The highest BCUT2D eigenvalue weighted by molar-refractivity contribution is 5.88. The Morgan fingerprint density at radius 2 is 1.55 bits per heavy atom. The summed E-state index contributed by atoms with van der Waals surface area (Å²) in [5, 5.41) is 6.20. The van der Waals surface area contributed by atoms with Crippen molar-refractivity contribution in [3.05, 3.63) is 77.6 Å². The van der Waals surface area contributed by atoms with Gasteiger partial charge in [-0.1, -0.05) is 60.7 Å². The molecule has 0 fully saturated rings. The van der Waals surface area contributed by atoms with Gasteiger partial charge < -0.3 is 21.1 Å². The Kier molecular flexibility index (Phi) is 6.63. The number of hydrogen-bond acceptors (Lipinski definition) is 7. The molecule has 0 aliphatic heterocycles. The average molecular weight is 391 g/mol. The van der Waals surface area contributed by atoms with Gasteiger partial charge in [0, 0.05) is 19.5 Å². The van der Waals surface area contributed by atoms with Crippen molar-refractivity contribution in [1.82, 2.24) is 9.97 Å². The molecule has 7 nitrogen and oxygen atoms in total. The van der Waals surface area contributed by atoms with Crippen molar-refractivity contribution >= 4 is 23.3 Å². The highest BCUT2D eigenvalue weighted by Crippen LogP contribution is 2.28. The fraction of sp³-hybridized carbons (Fsp3) is 0.227. The van der Waals surface area contributed by atoms with E-state index < -0.39 is 5.97 Å². The van der Waals surface area contributed by atoms with Gasteiger partial charge >= 0.3 is 5.97 Å². The summed E-state index contributed by atoms with van der Waals surface area (Å²) in [6.07, 6.45) is 0. The van der Waals surface area contributed by atoms with Crippen LogP contribution >= 0.6 is 0 Å². The van der Waals surface area contributed by atoms with Crippen molar-refractivity contribution in [2.45, 2.75) is 12.8 Å². The lowest BCUT2D eigenvalue weighted by Crippen LogP contribution is -2.19. The molecule has 3 aromatic rings. The third-order valence-corrected chi connectivity index (χ3v) is 4.52. The maximum Gasteiger partial charge on any atom is 0.376 e. The molecule has 7 heteroatoms. The number of benzene rings is 2. The SMILES string of the molecule is CCOC(=O)c1nc(NC)c(N)c(NCC(c2ccccc2)c2ccccc2)n1. The molecule has 3 rings (SSSR count). The molecule has 0 amide bonds. The second kappa shape index (κ2) is 9.54. The zero-order chi connectivity index (χ0) is 20.6. The largest absolute Gasteiger partial charge is 0.460 e. The van der Waals surface area contributed by atoms with E-state index in [2.05, 4.69) is 44.9 Å². The average Bonchev–Trinajstić information content (AvgIpc) is 2.76. The van der Waals surface area contributed by atoms with Gasteiger partial charge in [0.15, 0.2) is 11.6 Å². The Labute approximate surface area is 170 Å². The number of rotatable bonds is 8. The highest BCUT2D eigenvalue weighted by atomic mass is 16.5. The first-order chi connectivity index (χ1) is 14.1. The van der Waals surface area contributed by atoms with Crippen LogP contribution < -0.4 is 16.4 Å². The van der Waals surface area contributed by atoms with E-state index >= 15 is 0 Å². The van der Waals surface area contributed by atoms with Crippen LogP contribution in [0.4, 0.5) is 17.3 Å². The van der Waals surface area contributed by atoms with E-state index in [1.54, 1.807) is 14.0 Å². The summed E-state index contributed by atoms with van der Waals surface area (Å²) < 4.78 is 5.03. The molecule has 0 saturated carbocycles. The van der Waals surface area contributed by atoms with Crippen LogP contribution in [0.15, 0.2) is 60.7 Å². The Morgan fingerprint density at radius 1 is 1.00 bits per heavy atom. The minimum atomic E-state index is -0.588. The number of anilines is 3. The molecule has 1 heterocycles. The van der Waals surface area contributed by atoms with Crippen LogP contribution in [0.2, 0.25) is 0 Å². The summed E-state index contributed by atoms with van der Waals surface area (Å²) in [7, 11) is 1.69. The number of nitrogens with one attached hydrogen (secondary N) is 2. The Hall–Kier alpha value is -3.61. The number of aromatic nitrogens is 2. The number of ether oxygens (including phenoxy) is 1. The Morgan fingerprint density at radius 3 is 2.07 bits per heavy atom. The molecule has 2 aromatic carbocycles. The Balaban J connectivity index is 1.91. The number of esters is 1. The van der Waals surface area contributed by atoms with Crippen LogP contribution in [0.3, 0.4) is 0 Å². The van der Waals surface area contributed by atoms with Gasteiger partial charge in [0.2, 0.25) is 5.82 Å². The molecule has 1 aromatic heterocycles. The summed E-state index contributed by atoms with van der Waals surface area (Å²) in [6.45, 7) is 2.52. The number of carbonyl (C=O) groups excluding carboxylic acids is 1. The first kappa shape index (κ1) is 20.1. The van der Waals surface area contributed by atoms with E-state index in [1.807, 2.05) is 36.4 Å². The van der Waals surface area contributed by atoms with Gasteiger partial charge in [0.1, 0.15) is 5.69 Å². The molecule has 29 heavy (non-hydrogen) atoms. The van der Waals surface area contributed by atoms with Crippen LogP contribution in [0.25, 0.3) is 0 Å². The molecule has 4 N–H and O–H groups in total. The van der Waals surface area contributed by atoms with Crippen molar-refractivity contribution in [3.63, 3.8) is 0 Å². The summed E-state index contributed by atoms with van der Waals surface area (Å²) in [4.78, 5) is 20.6. The summed E-state index contributed by atoms with van der Waals surface area (Å²) in [6, 6.07) is 20.4. The molecule has 150 valence electrons. The van der Waals surface area contributed by atoms with E-state index in [1.165, 1.54) is 11.1 Å². The topological polar surface area (TPSA) is 102 Å². The van der Waals surface area contributed by atoms with E-state index in [0.29, 0.717) is 23.9 Å². The summed E-state index contributed by atoms with van der Waals surface area (Å²) in [5.41, 5.74) is 8.88. The third-order valence-electron chi connectivity index (χ3n) is 4.52. The van der Waals surface area contributed by atoms with E-state index in [9.17, 15) is 4.79 Å². The minimum Gasteiger partial charge on any atom is -0.460 e. The maximum absolute atomic E-state index is 12.1. The van der Waals surface area contributed by atoms with Gasteiger partial charge in [-0.2, -0.15) is 0 Å². The molecule has 0 spiro atoms. The first-order valence-corrected chi connectivity index (χ1v) is 9.50. The third kappa shape index (κ3) is 4.82. The predicted octanol–water partition coefficient (Wildman–Crippen LogP) is 3.52. The van der Waals surface area contributed by atoms with Gasteiger partial charge in [-0.15, -0.1) is 0 Å². The molecule has 0 bridgehead atoms. The quantitative estimate of drug-likeness (QED) is 0.505. The van der Waals surface area contributed by atoms with Crippen LogP contribution in [0, 0.1) is 0 Å². The molecule has 0 aliphatic carbocycles. The van der Waals surface area contributed by atoms with E-state index in [-0.39, 0.29) is 18.3 Å². The van der Waals surface area contributed by atoms with Crippen LogP contribution in [0.1, 0.15) is 34.6 Å². The predicted molar refractivity (Wildman–Crippen MR) is 115 cm³/mol. The van der Waals surface area contributed by atoms with Gasteiger partial charge in [-0.25, -0.2) is 14.8 Å². The first-order valence-electron chi connectivity index (χ1n) is 9.50. The minimum absolute atomic E-state index is 0.0381. The fourth-order valence-electron chi connectivity index (χ4n) is 3.08. The monoisotopic (exact) mass is 391 g/mol. The molecule has 0 aliphatic rings. The normalized spacial score (nSPS) is 10.6. The molecule has 0 radical (unpaired) electrons. The van der Waals surface area contributed by atoms with Crippen molar-refractivity contribution < 1.29 is 9.53 Å². The van der Waals surface area contributed by atoms with Crippen molar-refractivity contribution in [2.75, 3.05) is 36.6 Å². The van der Waals surface area contributed by atoms with Crippen molar-refractivity contribution in [3.8, 4) is 0 Å². The maximum atomic E-state index is 12.1. The lowest BCUT2D eigenvalue weighted by Gasteiger charge is -2.20. The van der Waals surface area contributed by atoms with Crippen molar-refractivity contribution in [1.29, 1.82) is 0 Å². The zero-order valence-corrected chi connectivity index (χ0v) is 16.6. The number of carbonyl (C=O) groups is 1. The summed E-state index contributed by atoms with van der Waals surface area (Å²) in [5.74, 6) is 0.222. The van der Waals surface area contributed by atoms with Crippen LogP contribution in [-0.4, -0.2) is 36.1 Å². The fourth-order valence-corrected chi connectivity index (χ4v) is 3.08. The van der Waals surface area contributed by atoms with E-state index in [0.717, 1.165) is 0 Å². The van der Waals surface area contributed by atoms with Gasteiger partial charge in [0.05, 0.1) is 6.61 Å². The smallest absolute Gasteiger partial charge is 0.376 e. The van der Waals surface area contributed by atoms with Crippen molar-refractivity contribution in [2.24, 2.45) is 0 Å². The van der Waals surface area contributed by atoms with E-state index in [4.69, 9.17) is 10.5 Å². The summed E-state index contributed by atoms with van der Waals surface area (Å²) >= 11 is 0. The molecule has 0 saturated heterocycles. The highest BCUT2D eigenvalue weighted by Gasteiger charge is 2.19. The Bertz CT molecular complexity index is 909. The number of hydrogen-bond donors (Lipinski definition) is 3.